The van der Waals surface area contributed by atoms with Gasteiger partial charge in [-0.25, -0.2) is 0 Å². The number of carbonyl (C=O) groups excluding carboxylic acids is 1. The van der Waals surface area contributed by atoms with E-state index in [9.17, 15) is 4.79 Å². The minimum atomic E-state index is -0.351. The second-order valence-electron chi connectivity index (χ2n) is 5.41. The van der Waals surface area contributed by atoms with Gasteiger partial charge in [-0.15, -0.1) is 0 Å². The molecule has 0 aliphatic heterocycles. The molecule has 0 saturated heterocycles. The summed E-state index contributed by atoms with van der Waals surface area (Å²) in [6.07, 6.45) is 5.47. The average molecular weight is 270 g/mol. The topological polar surface area (TPSA) is 72.9 Å². The lowest BCUT2D eigenvalue weighted by Gasteiger charge is -2.15. The van der Waals surface area contributed by atoms with Gasteiger partial charge in [0.1, 0.15) is 0 Å². The van der Waals surface area contributed by atoms with Gasteiger partial charge in [0.25, 0.3) is 0 Å². The number of hydrogen-bond acceptors (Lipinski definition) is 3. The Balaban J connectivity index is 1.68. The standard InChI is InChI=1S/C15H18N4O/c1-19-10-11(9-18-19)8-17-14(20)15(6-7-15)12-2-4-13(16)5-3-12/h2-5,9-10H,6-8,16H2,1H3,(H,17,20). The molecule has 3 rings (SSSR count). The Bertz CT molecular complexity index is 626. The first-order chi connectivity index (χ1) is 9.60. The molecular weight excluding hydrogens is 252 g/mol. The fourth-order valence-electron chi connectivity index (χ4n) is 2.49. The van der Waals surface area contributed by atoms with Crippen molar-refractivity contribution in [3.8, 4) is 0 Å². The lowest BCUT2D eigenvalue weighted by atomic mass is 9.94. The van der Waals surface area contributed by atoms with Crippen LogP contribution in [0.3, 0.4) is 0 Å². The summed E-state index contributed by atoms with van der Waals surface area (Å²) in [5.74, 6) is 0.0890. The van der Waals surface area contributed by atoms with E-state index in [1.165, 1.54) is 0 Å². The van der Waals surface area contributed by atoms with E-state index in [2.05, 4.69) is 10.4 Å². The molecule has 5 heteroatoms. The van der Waals surface area contributed by atoms with Crippen LogP contribution in [0.25, 0.3) is 0 Å². The monoisotopic (exact) mass is 270 g/mol. The largest absolute Gasteiger partial charge is 0.399 e. The van der Waals surface area contributed by atoms with Crippen LogP contribution in [0.15, 0.2) is 36.7 Å². The number of carbonyl (C=O) groups is 1. The van der Waals surface area contributed by atoms with Crippen LogP contribution in [0, 0.1) is 0 Å². The van der Waals surface area contributed by atoms with Crippen molar-refractivity contribution < 1.29 is 4.79 Å². The number of amides is 1. The molecule has 1 aromatic carbocycles. The summed E-state index contributed by atoms with van der Waals surface area (Å²) >= 11 is 0. The summed E-state index contributed by atoms with van der Waals surface area (Å²) in [6.45, 7) is 0.517. The predicted molar refractivity (Wildman–Crippen MR) is 76.8 cm³/mol. The maximum absolute atomic E-state index is 12.4. The van der Waals surface area contributed by atoms with Crippen LogP contribution in [0.5, 0.6) is 0 Å². The molecule has 0 radical (unpaired) electrons. The number of benzene rings is 1. The molecule has 0 bridgehead atoms. The van der Waals surface area contributed by atoms with Crippen LogP contribution in [0.4, 0.5) is 5.69 Å². The van der Waals surface area contributed by atoms with Gasteiger partial charge in [-0.1, -0.05) is 12.1 Å². The Morgan fingerprint density at radius 1 is 1.40 bits per heavy atom. The number of nitrogen functional groups attached to an aromatic ring is 1. The molecule has 1 heterocycles. The van der Waals surface area contributed by atoms with Crippen LogP contribution in [0.1, 0.15) is 24.0 Å². The fraction of sp³-hybridized carbons (Fsp3) is 0.333. The van der Waals surface area contributed by atoms with Crippen LogP contribution < -0.4 is 11.1 Å². The summed E-state index contributed by atoms with van der Waals surface area (Å²) in [4.78, 5) is 12.4. The fourth-order valence-corrected chi connectivity index (χ4v) is 2.49. The van der Waals surface area contributed by atoms with E-state index < -0.39 is 0 Å². The van der Waals surface area contributed by atoms with Crippen molar-refractivity contribution in [1.82, 2.24) is 15.1 Å². The molecule has 2 aromatic rings. The molecule has 20 heavy (non-hydrogen) atoms. The second kappa shape index (κ2) is 4.67. The number of hydrogen-bond donors (Lipinski definition) is 2. The van der Waals surface area contributed by atoms with Crippen molar-refractivity contribution in [1.29, 1.82) is 0 Å². The minimum absolute atomic E-state index is 0.0890. The first kappa shape index (κ1) is 12.7. The van der Waals surface area contributed by atoms with Crippen molar-refractivity contribution in [2.45, 2.75) is 24.8 Å². The zero-order valence-corrected chi connectivity index (χ0v) is 11.5. The predicted octanol–water partition coefficient (Wildman–Crippen LogP) is 1.35. The zero-order chi connectivity index (χ0) is 14.2. The highest BCUT2D eigenvalue weighted by Crippen LogP contribution is 2.48. The highest BCUT2D eigenvalue weighted by molar-refractivity contribution is 5.91. The highest BCUT2D eigenvalue weighted by atomic mass is 16.2. The maximum Gasteiger partial charge on any atom is 0.230 e. The summed E-state index contributed by atoms with van der Waals surface area (Å²) in [6, 6.07) is 7.60. The number of anilines is 1. The van der Waals surface area contributed by atoms with E-state index in [1.807, 2.05) is 37.5 Å². The molecule has 104 valence electrons. The van der Waals surface area contributed by atoms with Crippen molar-refractivity contribution in [2.24, 2.45) is 7.05 Å². The molecule has 0 atom stereocenters. The Morgan fingerprint density at radius 2 is 2.10 bits per heavy atom. The van der Waals surface area contributed by atoms with E-state index >= 15 is 0 Å². The number of aryl methyl sites for hydroxylation is 1. The Kier molecular flexibility index (Phi) is 2.97. The first-order valence-electron chi connectivity index (χ1n) is 6.72. The average Bonchev–Trinajstić information content (AvgIpc) is 3.15. The summed E-state index contributed by atoms with van der Waals surface area (Å²) in [7, 11) is 1.86. The third-order valence-electron chi connectivity index (χ3n) is 3.86. The molecule has 0 unspecified atom stereocenters. The Hall–Kier alpha value is -2.30. The van der Waals surface area contributed by atoms with Gasteiger partial charge in [-0.2, -0.15) is 5.10 Å². The van der Waals surface area contributed by atoms with Crippen molar-refractivity contribution >= 4 is 11.6 Å². The maximum atomic E-state index is 12.4. The van der Waals surface area contributed by atoms with Crippen LogP contribution in [0.2, 0.25) is 0 Å². The lowest BCUT2D eigenvalue weighted by molar-refractivity contribution is -0.123. The molecule has 1 aliphatic rings. The smallest absolute Gasteiger partial charge is 0.230 e. The van der Waals surface area contributed by atoms with E-state index in [-0.39, 0.29) is 11.3 Å². The summed E-state index contributed by atoms with van der Waals surface area (Å²) in [5, 5.41) is 7.10. The molecule has 3 N–H and O–H groups in total. The van der Waals surface area contributed by atoms with Gasteiger partial charge < -0.3 is 11.1 Å². The highest BCUT2D eigenvalue weighted by Gasteiger charge is 2.50. The summed E-state index contributed by atoms with van der Waals surface area (Å²) in [5.41, 5.74) is 8.12. The molecule has 1 fully saturated rings. The van der Waals surface area contributed by atoms with Crippen LogP contribution >= 0.6 is 0 Å². The molecule has 0 spiro atoms. The van der Waals surface area contributed by atoms with E-state index in [0.29, 0.717) is 6.54 Å². The van der Waals surface area contributed by atoms with E-state index in [4.69, 9.17) is 5.73 Å². The van der Waals surface area contributed by atoms with Crippen molar-refractivity contribution in [2.75, 3.05) is 5.73 Å². The number of nitrogens with zero attached hydrogens (tertiary/aromatic N) is 2. The molecule has 5 nitrogen and oxygen atoms in total. The van der Waals surface area contributed by atoms with Crippen LogP contribution in [-0.4, -0.2) is 15.7 Å². The van der Waals surface area contributed by atoms with Crippen LogP contribution in [-0.2, 0) is 23.8 Å². The number of nitrogens with one attached hydrogen (secondary N) is 1. The number of nitrogens with two attached hydrogens (primary N) is 1. The third-order valence-corrected chi connectivity index (χ3v) is 3.86. The second-order valence-corrected chi connectivity index (χ2v) is 5.41. The van der Waals surface area contributed by atoms with Gasteiger partial charge >= 0.3 is 0 Å². The quantitative estimate of drug-likeness (QED) is 0.824. The Labute approximate surface area is 117 Å². The van der Waals surface area contributed by atoms with E-state index in [1.54, 1.807) is 10.9 Å². The van der Waals surface area contributed by atoms with Gasteiger partial charge in [-0.05, 0) is 30.5 Å². The Morgan fingerprint density at radius 3 is 2.65 bits per heavy atom. The number of aromatic nitrogens is 2. The lowest BCUT2D eigenvalue weighted by Crippen LogP contribution is -2.34. The third kappa shape index (κ3) is 2.27. The van der Waals surface area contributed by atoms with Crippen molar-refractivity contribution in [3.63, 3.8) is 0 Å². The van der Waals surface area contributed by atoms with Gasteiger partial charge in [0.05, 0.1) is 11.6 Å². The normalized spacial score (nSPS) is 15.8. The first-order valence-corrected chi connectivity index (χ1v) is 6.72. The molecule has 1 saturated carbocycles. The van der Waals surface area contributed by atoms with Gasteiger partial charge in [0, 0.05) is 31.0 Å². The molecule has 1 aliphatic carbocycles. The summed E-state index contributed by atoms with van der Waals surface area (Å²) < 4.78 is 1.73. The van der Waals surface area contributed by atoms with E-state index in [0.717, 1.165) is 29.7 Å². The van der Waals surface area contributed by atoms with Gasteiger partial charge in [0.2, 0.25) is 5.91 Å². The minimum Gasteiger partial charge on any atom is -0.399 e. The van der Waals surface area contributed by atoms with Gasteiger partial charge in [0.15, 0.2) is 0 Å². The number of rotatable bonds is 4. The molecular formula is C15H18N4O. The SMILES string of the molecule is Cn1cc(CNC(=O)C2(c3ccc(N)cc3)CC2)cn1. The molecule has 1 amide bonds. The van der Waals surface area contributed by atoms with Crippen molar-refractivity contribution in [3.05, 3.63) is 47.8 Å². The van der Waals surface area contributed by atoms with Gasteiger partial charge in [-0.3, -0.25) is 9.48 Å². The molecule has 1 aromatic heterocycles. The zero-order valence-electron chi connectivity index (χ0n) is 11.5.